The van der Waals surface area contributed by atoms with Crippen molar-refractivity contribution in [1.29, 1.82) is 0 Å². The molecule has 0 amide bonds. The van der Waals surface area contributed by atoms with E-state index in [0.717, 1.165) is 31.2 Å². The molecule has 0 spiro atoms. The lowest BCUT2D eigenvalue weighted by molar-refractivity contribution is 0.207. The average molecular weight is 310 g/mol. The van der Waals surface area contributed by atoms with Crippen molar-refractivity contribution >= 4 is 27.8 Å². The van der Waals surface area contributed by atoms with Crippen LogP contribution in [0.1, 0.15) is 36.9 Å². The summed E-state index contributed by atoms with van der Waals surface area (Å²) in [4.78, 5) is 9.69. The van der Waals surface area contributed by atoms with Crippen LogP contribution in [0.25, 0.3) is 0 Å². The van der Waals surface area contributed by atoms with Gasteiger partial charge >= 0.3 is 0 Å². The minimum Gasteiger partial charge on any atom is -0.362 e. The molecule has 0 radical (unpaired) electrons. The Morgan fingerprint density at radius 2 is 2.10 bits per heavy atom. The van der Waals surface area contributed by atoms with Gasteiger partial charge in [0.15, 0.2) is 5.13 Å². The Hall–Kier alpha value is -0.910. The second kappa shape index (κ2) is 7.76. The summed E-state index contributed by atoms with van der Waals surface area (Å²) in [7, 11) is 0. The quantitative estimate of drug-likeness (QED) is 0.781. The zero-order chi connectivity index (χ0) is 14.4. The van der Waals surface area contributed by atoms with Gasteiger partial charge in [0.05, 0.1) is 0 Å². The SMILES string of the molecule is CCCNc1ncc(CN(Cc2cccs2)C(C)C)s1. The Bertz CT molecular complexity index is 491. The standard InChI is InChI=1S/C15H23N3S2/c1-4-7-16-15-17-9-14(20-15)11-18(12(2)3)10-13-6-5-8-19-13/h5-6,8-9,12H,4,7,10-11H2,1-3H3,(H,16,17). The Morgan fingerprint density at radius 3 is 2.75 bits per heavy atom. The first-order valence-corrected chi connectivity index (χ1v) is 8.83. The molecule has 0 aliphatic carbocycles. The molecule has 2 rings (SSSR count). The van der Waals surface area contributed by atoms with Crippen LogP contribution in [0.3, 0.4) is 0 Å². The van der Waals surface area contributed by atoms with Crippen molar-refractivity contribution in [2.24, 2.45) is 0 Å². The number of aromatic nitrogens is 1. The second-order valence-electron chi connectivity index (χ2n) is 5.14. The van der Waals surface area contributed by atoms with Crippen molar-refractivity contribution in [3.63, 3.8) is 0 Å². The van der Waals surface area contributed by atoms with E-state index in [1.54, 1.807) is 11.3 Å². The predicted octanol–water partition coefficient (Wildman–Crippen LogP) is 4.44. The zero-order valence-corrected chi connectivity index (χ0v) is 14.1. The van der Waals surface area contributed by atoms with Gasteiger partial charge in [0, 0.05) is 41.6 Å². The van der Waals surface area contributed by atoms with E-state index in [9.17, 15) is 0 Å². The van der Waals surface area contributed by atoms with Gasteiger partial charge in [-0.05, 0) is 31.7 Å². The Balaban J connectivity index is 1.95. The third kappa shape index (κ3) is 4.58. The fourth-order valence-corrected chi connectivity index (χ4v) is 3.51. The fraction of sp³-hybridized carbons (Fsp3) is 0.533. The van der Waals surface area contributed by atoms with E-state index in [0.29, 0.717) is 6.04 Å². The summed E-state index contributed by atoms with van der Waals surface area (Å²) < 4.78 is 0. The normalized spacial score (nSPS) is 11.4. The third-order valence-electron chi connectivity index (χ3n) is 3.11. The van der Waals surface area contributed by atoms with Gasteiger partial charge in [-0.3, -0.25) is 4.90 Å². The summed E-state index contributed by atoms with van der Waals surface area (Å²) >= 11 is 3.60. The molecule has 0 fully saturated rings. The van der Waals surface area contributed by atoms with E-state index < -0.39 is 0 Å². The van der Waals surface area contributed by atoms with Gasteiger partial charge in [0.1, 0.15) is 0 Å². The smallest absolute Gasteiger partial charge is 0.182 e. The van der Waals surface area contributed by atoms with Crippen LogP contribution >= 0.6 is 22.7 Å². The largest absolute Gasteiger partial charge is 0.362 e. The van der Waals surface area contributed by atoms with Gasteiger partial charge in [-0.1, -0.05) is 13.0 Å². The first-order valence-electron chi connectivity index (χ1n) is 7.14. The predicted molar refractivity (Wildman–Crippen MR) is 89.6 cm³/mol. The van der Waals surface area contributed by atoms with Crippen molar-refractivity contribution in [3.05, 3.63) is 33.5 Å². The minimum absolute atomic E-state index is 0.534. The number of hydrogen-bond donors (Lipinski definition) is 1. The molecule has 0 bridgehead atoms. The highest BCUT2D eigenvalue weighted by Gasteiger charge is 2.13. The van der Waals surface area contributed by atoms with Crippen LogP contribution in [-0.4, -0.2) is 22.5 Å². The van der Waals surface area contributed by atoms with Crippen LogP contribution in [0.4, 0.5) is 5.13 Å². The van der Waals surface area contributed by atoms with Crippen molar-refractivity contribution in [2.75, 3.05) is 11.9 Å². The van der Waals surface area contributed by atoms with E-state index in [1.807, 2.05) is 17.5 Å². The maximum Gasteiger partial charge on any atom is 0.182 e. The molecule has 3 nitrogen and oxygen atoms in total. The summed E-state index contributed by atoms with van der Waals surface area (Å²) in [6.07, 6.45) is 3.14. The highest BCUT2D eigenvalue weighted by Crippen LogP contribution is 2.22. The number of hydrogen-bond acceptors (Lipinski definition) is 5. The number of thiophene rings is 1. The van der Waals surface area contributed by atoms with Crippen LogP contribution in [0.5, 0.6) is 0 Å². The van der Waals surface area contributed by atoms with Crippen LogP contribution in [-0.2, 0) is 13.1 Å². The topological polar surface area (TPSA) is 28.2 Å². The molecule has 0 atom stereocenters. The molecule has 0 aliphatic rings. The lowest BCUT2D eigenvalue weighted by atomic mass is 10.3. The summed E-state index contributed by atoms with van der Waals surface area (Å²) in [6, 6.07) is 4.87. The zero-order valence-electron chi connectivity index (χ0n) is 12.4. The number of anilines is 1. The molecule has 2 aromatic rings. The molecule has 20 heavy (non-hydrogen) atoms. The molecule has 0 unspecified atom stereocenters. The Morgan fingerprint density at radius 1 is 1.30 bits per heavy atom. The van der Waals surface area contributed by atoms with E-state index in [2.05, 4.69) is 53.5 Å². The van der Waals surface area contributed by atoms with E-state index >= 15 is 0 Å². The van der Waals surface area contributed by atoms with Crippen LogP contribution in [0.2, 0.25) is 0 Å². The monoisotopic (exact) mass is 309 g/mol. The number of nitrogens with one attached hydrogen (secondary N) is 1. The molecule has 0 saturated heterocycles. The van der Waals surface area contributed by atoms with Crippen LogP contribution < -0.4 is 5.32 Å². The first kappa shape index (κ1) is 15.5. The maximum atomic E-state index is 4.45. The molecule has 1 N–H and O–H groups in total. The Kier molecular flexibility index (Phi) is 6.01. The average Bonchev–Trinajstić information content (AvgIpc) is 3.07. The molecule has 5 heteroatoms. The minimum atomic E-state index is 0.534. The lowest BCUT2D eigenvalue weighted by Crippen LogP contribution is -2.29. The maximum absolute atomic E-state index is 4.45. The molecule has 2 aromatic heterocycles. The van der Waals surface area contributed by atoms with Crippen molar-refractivity contribution in [3.8, 4) is 0 Å². The van der Waals surface area contributed by atoms with Gasteiger partial charge in [0.2, 0.25) is 0 Å². The summed E-state index contributed by atoms with van der Waals surface area (Å²) in [5.74, 6) is 0. The fourth-order valence-electron chi connectivity index (χ4n) is 1.92. The van der Waals surface area contributed by atoms with Gasteiger partial charge in [-0.15, -0.1) is 22.7 Å². The van der Waals surface area contributed by atoms with E-state index in [-0.39, 0.29) is 0 Å². The van der Waals surface area contributed by atoms with Gasteiger partial charge < -0.3 is 5.32 Å². The third-order valence-corrected chi connectivity index (χ3v) is 4.91. The van der Waals surface area contributed by atoms with E-state index in [1.165, 1.54) is 9.75 Å². The Labute approximate surface area is 129 Å². The molecular weight excluding hydrogens is 286 g/mol. The lowest BCUT2D eigenvalue weighted by Gasteiger charge is -2.25. The summed E-state index contributed by atoms with van der Waals surface area (Å²) in [5.41, 5.74) is 0. The van der Waals surface area contributed by atoms with Gasteiger partial charge in [-0.25, -0.2) is 4.98 Å². The molecule has 2 heterocycles. The van der Waals surface area contributed by atoms with Gasteiger partial charge in [-0.2, -0.15) is 0 Å². The molecule has 110 valence electrons. The van der Waals surface area contributed by atoms with Crippen LogP contribution in [0, 0.1) is 0 Å². The number of thiazole rings is 1. The molecular formula is C15H23N3S2. The van der Waals surface area contributed by atoms with E-state index in [4.69, 9.17) is 0 Å². The van der Waals surface area contributed by atoms with Crippen molar-refractivity contribution < 1.29 is 0 Å². The summed E-state index contributed by atoms with van der Waals surface area (Å²) in [5, 5.41) is 6.54. The first-order chi connectivity index (χ1) is 9.69. The van der Waals surface area contributed by atoms with Crippen molar-refractivity contribution in [2.45, 2.75) is 46.3 Å². The molecule has 0 aromatic carbocycles. The number of rotatable bonds is 8. The summed E-state index contributed by atoms with van der Waals surface area (Å²) in [6.45, 7) is 9.67. The highest BCUT2D eigenvalue weighted by atomic mass is 32.1. The molecule has 0 saturated carbocycles. The van der Waals surface area contributed by atoms with Crippen molar-refractivity contribution in [1.82, 2.24) is 9.88 Å². The second-order valence-corrected chi connectivity index (χ2v) is 7.28. The highest BCUT2D eigenvalue weighted by molar-refractivity contribution is 7.15. The number of nitrogens with zero attached hydrogens (tertiary/aromatic N) is 2. The van der Waals surface area contributed by atoms with Crippen LogP contribution in [0.15, 0.2) is 23.7 Å². The van der Waals surface area contributed by atoms with Gasteiger partial charge in [0.25, 0.3) is 0 Å². The molecule has 0 aliphatic heterocycles.